The van der Waals surface area contributed by atoms with Crippen molar-refractivity contribution in [2.45, 2.75) is 16.9 Å². The highest BCUT2D eigenvalue weighted by Crippen LogP contribution is 2.45. The molecule has 11 heavy (non-hydrogen) atoms. The van der Waals surface area contributed by atoms with Crippen LogP contribution in [-0.2, 0) is 9.53 Å². The lowest BCUT2D eigenvalue weighted by Crippen LogP contribution is -2.27. The maximum absolute atomic E-state index is 11.0. The highest BCUT2D eigenvalue weighted by molar-refractivity contribution is 6.58. The molecule has 1 fully saturated rings. The third kappa shape index (κ3) is 0.893. The molecule has 0 amide bonds. The molecule has 2 rings (SSSR count). The molecule has 2 atom stereocenters. The van der Waals surface area contributed by atoms with Crippen molar-refractivity contribution in [2.75, 3.05) is 0 Å². The van der Waals surface area contributed by atoms with Gasteiger partial charge in [-0.1, -0.05) is 35.4 Å². The van der Waals surface area contributed by atoms with E-state index in [1.807, 2.05) is 12.2 Å². The van der Waals surface area contributed by atoms with Crippen LogP contribution in [0.15, 0.2) is 12.2 Å². The quantitative estimate of drug-likeness (QED) is 0.332. The number of carbonyl (C=O) groups is 1. The number of rotatable bonds is 0. The van der Waals surface area contributed by atoms with Crippen LogP contribution in [0.2, 0.25) is 0 Å². The Kier molecular flexibility index (Phi) is 1.45. The van der Waals surface area contributed by atoms with Gasteiger partial charge in [0, 0.05) is 6.42 Å². The normalized spacial score (nSPS) is 38.9. The van der Waals surface area contributed by atoms with Crippen molar-refractivity contribution in [3.63, 3.8) is 0 Å². The maximum atomic E-state index is 11.0. The van der Waals surface area contributed by atoms with Crippen LogP contribution in [0, 0.1) is 5.92 Å². The molecule has 0 saturated carbocycles. The van der Waals surface area contributed by atoms with E-state index in [4.69, 9.17) is 27.9 Å². The second kappa shape index (κ2) is 2.14. The molecule has 0 N–H and O–H groups in total. The zero-order valence-corrected chi connectivity index (χ0v) is 7.10. The lowest BCUT2D eigenvalue weighted by atomic mass is 10.1. The van der Waals surface area contributed by atoms with E-state index in [1.54, 1.807) is 0 Å². The van der Waals surface area contributed by atoms with Crippen molar-refractivity contribution >= 4 is 29.2 Å². The van der Waals surface area contributed by atoms with E-state index >= 15 is 0 Å². The number of carbonyl (C=O) groups excluding carboxylic acids is 1. The summed E-state index contributed by atoms with van der Waals surface area (Å²) in [4.78, 5) is 11.0. The standard InChI is InChI=1S/C7H6Cl2O2/c8-7(9)4-2-1-3-5(4)11-6(7)10/h1-2,4-5H,3H2. The van der Waals surface area contributed by atoms with Crippen molar-refractivity contribution in [1.29, 1.82) is 0 Å². The average molecular weight is 193 g/mol. The molecule has 0 aromatic rings. The van der Waals surface area contributed by atoms with E-state index in [-0.39, 0.29) is 12.0 Å². The minimum absolute atomic E-state index is 0.127. The smallest absolute Gasteiger partial charge is 0.343 e. The fourth-order valence-corrected chi connectivity index (χ4v) is 1.97. The van der Waals surface area contributed by atoms with Crippen LogP contribution in [0.4, 0.5) is 0 Å². The molecule has 0 spiro atoms. The van der Waals surface area contributed by atoms with Gasteiger partial charge in [-0.3, -0.25) is 0 Å². The predicted molar refractivity (Wildman–Crippen MR) is 41.6 cm³/mol. The van der Waals surface area contributed by atoms with Crippen LogP contribution in [0.3, 0.4) is 0 Å². The van der Waals surface area contributed by atoms with E-state index in [0.29, 0.717) is 0 Å². The van der Waals surface area contributed by atoms with Crippen LogP contribution in [-0.4, -0.2) is 16.4 Å². The van der Waals surface area contributed by atoms with Gasteiger partial charge in [0.05, 0.1) is 5.92 Å². The van der Waals surface area contributed by atoms with Gasteiger partial charge < -0.3 is 4.74 Å². The molecular formula is C7H6Cl2O2. The number of hydrogen-bond donors (Lipinski definition) is 0. The largest absolute Gasteiger partial charge is 0.459 e. The van der Waals surface area contributed by atoms with Gasteiger partial charge in [0.2, 0.25) is 4.33 Å². The highest BCUT2D eigenvalue weighted by atomic mass is 35.5. The van der Waals surface area contributed by atoms with Crippen molar-refractivity contribution in [2.24, 2.45) is 5.92 Å². The van der Waals surface area contributed by atoms with E-state index < -0.39 is 10.3 Å². The lowest BCUT2D eigenvalue weighted by molar-refractivity contribution is -0.141. The Hall–Kier alpha value is -0.210. The first kappa shape index (κ1) is 7.44. The first-order valence-corrected chi connectivity index (χ1v) is 4.13. The summed E-state index contributed by atoms with van der Waals surface area (Å²) >= 11 is 11.5. The van der Waals surface area contributed by atoms with Gasteiger partial charge in [-0.25, -0.2) is 4.79 Å². The van der Waals surface area contributed by atoms with Crippen LogP contribution >= 0.6 is 23.2 Å². The number of fused-ring (bicyclic) bond motifs is 1. The minimum atomic E-state index is -1.35. The number of hydrogen-bond acceptors (Lipinski definition) is 2. The molecule has 2 unspecified atom stereocenters. The summed E-state index contributed by atoms with van der Waals surface area (Å²) < 4.78 is 3.59. The topological polar surface area (TPSA) is 26.3 Å². The molecule has 0 radical (unpaired) electrons. The number of ether oxygens (including phenoxy) is 1. The van der Waals surface area contributed by atoms with E-state index in [1.165, 1.54) is 0 Å². The number of halogens is 2. The molecule has 0 aromatic heterocycles. The van der Waals surface area contributed by atoms with Gasteiger partial charge in [0.15, 0.2) is 0 Å². The van der Waals surface area contributed by atoms with Gasteiger partial charge in [0.25, 0.3) is 0 Å². The monoisotopic (exact) mass is 192 g/mol. The highest BCUT2D eigenvalue weighted by Gasteiger charge is 2.55. The molecule has 1 aliphatic heterocycles. The van der Waals surface area contributed by atoms with E-state index in [0.717, 1.165) is 6.42 Å². The van der Waals surface area contributed by atoms with Crippen LogP contribution in [0.1, 0.15) is 6.42 Å². The second-order valence-electron chi connectivity index (χ2n) is 2.76. The Morgan fingerprint density at radius 2 is 2.36 bits per heavy atom. The fraction of sp³-hybridized carbons (Fsp3) is 0.571. The van der Waals surface area contributed by atoms with Crippen molar-refractivity contribution in [1.82, 2.24) is 0 Å². The summed E-state index contributed by atoms with van der Waals surface area (Å²) in [7, 11) is 0. The summed E-state index contributed by atoms with van der Waals surface area (Å²) in [5, 5.41) is 0. The van der Waals surface area contributed by atoms with Gasteiger partial charge in [-0.2, -0.15) is 0 Å². The first-order chi connectivity index (χ1) is 5.12. The van der Waals surface area contributed by atoms with Crippen molar-refractivity contribution < 1.29 is 9.53 Å². The average Bonchev–Trinajstić information content (AvgIpc) is 2.41. The molecule has 0 aromatic carbocycles. The summed E-state index contributed by atoms with van der Waals surface area (Å²) in [5.74, 6) is -0.668. The van der Waals surface area contributed by atoms with Crippen LogP contribution in [0.25, 0.3) is 0 Å². The summed E-state index contributed by atoms with van der Waals surface area (Å²) in [6, 6.07) is 0. The third-order valence-electron chi connectivity index (χ3n) is 2.06. The second-order valence-corrected chi connectivity index (χ2v) is 4.14. The number of alkyl halides is 2. The Morgan fingerprint density at radius 3 is 3.00 bits per heavy atom. The van der Waals surface area contributed by atoms with Crippen LogP contribution < -0.4 is 0 Å². The molecule has 1 saturated heterocycles. The molecular weight excluding hydrogens is 187 g/mol. The molecule has 0 bridgehead atoms. The van der Waals surface area contributed by atoms with Gasteiger partial charge in [-0.15, -0.1) is 0 Å². The predicted octanol–water partition coefficient (Wildman–Crippen LogP) is 1.66. The molecule has 2 aliphatic rings. The zero-order valence-electron chi connectivity index (χ0n) is 5.59. The summed E-state index contributed by atoms with van der Waals surface area (Å²) in [5.41, 5.74) is 0. The Balaban J connectivity index is 2.34. The minimum Gasteiger partial charge on any atom is -0.459 e. The Bertz CT molecular complexity index is 235. The summed E-state index contributed by atoms with van der Waals surface area (Å²) in [6.07, 6.45) is 4.38. The third-order valence-corrected chi connectivity index (χ3v) is 2.87. The molecule has 2 nitrogen and oxygen atoms in total. The first-order valence-electron chi connectivity index (χ1n) is 3.38. The molecule has 1 heterocycles. The van der Waals surface area contributed by atoms with Crippen molar-refractivity contribution in [3.05, 3.63) is 12.2 Å². The molecule has 60 valence electrons. The maximum Gasteiger partial charge on any atom is 0.343 e. The molecule has 1 aliphatic carbocycles. The SMILES string of the molecule is O=C1OC2CC=CC2C1(Cl)Cl. The fourth-order valence-electron chi connectivity index (χ4n) is 1.46. The van der Waals surface area contributed by atoms with Gasteiger partial charge in [0.1, 0.15) is 6.10 Å². The number of esters is 1. The van der Waals surface area contributed by atoms with E-state index in [2.05, 4.69) is 0 Å². The van der Waals surface area contributed by atoms with E-state index in [9.17, 15) is 4.79 Å². The van der Waals surface area contributed by atoms with Crippen LogP contribution in [0.5, 0.6) is 0 Å². The Labute approximate surface area is 74.1 Å². The van der Waals surface area contributed by atoms with Gasteiger partial charge >= 0.3 is 5.97 Å². The summed E-state index contributed by atoms with van der Waals surface area (Å²) in [6.45, 7) is 0. The zero-order chi connectivity index (χ0) is 8.06. The Morgan fingerprint density at radius 1 is 1.64 bits per heavy atom. The lowest BCUT2D eigenvalue weighted by Gasteiger charge is -2.12. The van der Waals surface area contributed by atoms with Crippen molar-refractivity contribution in [3.8, 4) is 0 Å². The molecule has 4 heteroatoms. The van der Waals surface area contributed by atoms with Gasteiger partial charge in [-0.05, 0) is 0 Å².